The Morgan fingerprint density at radius 3 is 2.65 bits per heavy atom. The molecule has 6 nitrogen and oxygen atoms in total. The van der Waals surface area contributed by atoms with E-state index in [0.717, 1.165) is 5.56 Å². The smallest absolute Gasteiger partial charge is 0.268 e. The Labute approximate surface area is 118 Å². The summed E-state index contributed by atoms with van der Waals surface area (Å²) in [6, 6.07) is 7.45. The van der Waals surface area contributed by atoms with Gasteiger partial charge in [-0.05, 0) is 6.07 Å². The Balaban J connectivity index is 2.14. The summed E-state index contributed by atoms with van der Waals surface area (Å²) >= 11 is 0. The average molecular weight is 280 g/mol. The van der Waals surface area contributed by atoms with Crippen molar-refractivity contribution in [1.29, 1.82) is 0 Å². The topological polar surface area (TPSA) is 60.0 Å². The summed E-state index contributed by atoms with van der Waals surface area (Å²) in [5, 5.41) is 1.53. The van der Waals surface area contributed by atoms with E-state index >= 15 is 0 Å². The van der Waals surface area contributed by atoms with Crippen molar-refractivity contribution in [2.24, 2.45) is 0 Å². The number of hydrogen-bond donors (Lipinski definition) is 1. The summed E-state index contributed by atoms with van der Waals surface area (Å²) in [5.41, 5.74) is 4.59. The Kier molecular flexibility index (Phi) is 5.49. The quantitative estimate of drug-likeness (QED) is 0.754. The molecule has 6 heteroatoms. The first-order valence-corrected chi connectivity index (χ1v) is 6.54. The Morgan fingerprint density at radius 2 is 1.90 bits per heavy atom. The number of nitrogens with zero attached hydrogens (tertiary/aromatic N) is 1. The molecule has 1 amide bonds. The molecule has 1 aromatic carbocycles. The maximum absolute atomic E-state index is 12.3. The van der Waals surface area contributed by atoms with Crippen molar-refractivity contribution in [3.05, 3.63) is 35.4 Å². The molecule has 0 radical (unpaired) electrons. The SMILES string of the molecule is COCCOC1NN(CCOC)C(=O)c2ccccc21. The van der Waals surface area contributed by atoms with Crippen molar-refractivity contribution in [3.63, 3.8) is 0 Å². The van der Waals surface area contributed by atoms with Crippen molar-refractivity contribution < 1.29 is 19.0 Å². The second-order valence-electron chi connectivity index (χ2n) is 4.41. The van der Waals surface area contributed by atoms with Crippen LogP contribution in [-0.4, -0.2) is 51.5 Å². The van der Waals surface area contributed by atoms with E-state index in [0.29, 0.717) is 31.9 Å². The molecule has 0 saturated carbocycles. The zero-order valence-corrected chi connectivity index (χ0v) is 11.8. The van der Waals surface area contributed by atoms with Crippen molar-refractivity contribution in [2.75, 3.05) is 40.6 Å². The zero-order chi connectivity index (χ0) is 14.4. The fraction of sp³-hybridized carbons (Fsp3) is 0.500. The standard InChI is InChI=1S/C14H20N2O4/c1-18-8-7-16-14(17)12-6-4-3-5-11(12)13(15-16)20-10-9-19-2/h3-6,13,15H,7-10H2,1-2H3. The van der Waals surface area contributed by atoms with Crippen molar-refractivity contribution in [2.45, 2.75) is 6.23 Å². The van der Waals surface area contributed by atoms with Crippen LogP contribution in [0.5, 0.6) is 0 Å². The van der Waals surface area contributed by atoms with Gasteiger partial charge in [0, 0.05) is 25.3 Å². The van der Waals surface area contributed by atoms with Crippen molar-refractivity contribution >= 4 is 5.91 Å². The molecule has 1 aromatic rings. The molecule has 1 atom stereocenters. The third-order valence-electron chi connectivity index (χ3n) is 3.08. The van der Waals surface area contributed by atoms with E-state index in [9.17, 15) is 4.79 Å². The lowest BCUT2D eigenvalue weighted by Crippen LogP contribution is -2.51. The van der Waals surface area contributed by atoms with Crippen LogP contribution < -0.4 is 5.43 Å². The van der Waals surface area contributed by atoms with E-state index in [1.165, 1.54) is 5.01 Å². The van der Waals surface area contributed by atoms with Gasteiger partial charge in [-0.2, -0.15) is 5.43 Å². The first-order chi connectivity index (χ1) is 9.77. The fourth-order valence-corrected chi connectivity index (χ4v) is 2.06. The largest absolute Gasteiger partial charge is 0.383 e. The van der Waals surface area contributed by atoms with Crippen molar-refractivity contribution in [1.82, 2.24) is 10.4 Å². The number of carbonyl (C=O) groups excluding carboxylic acids is 1. The molecule has 1 N–H and O–H groups in total. The molecule has 2 rings (SSSR count). The monoisotopic (exact) mass is 280 g/mol. The Hall–Kier alpha value is -1.47. The molecule has 0 saturated heterocycles. The highest BCUT2D eigenvalue weighted by Gasteiger charge is 2.30. The van der Waals surface area contributed by atoms with Gasteiger partial charge < -0.3 is 14.2 Å². The van der Waals surface area contributed by atoms with Crippen LogP contribution in [0.15, 0.2) is 24.3 Å². The van der Waals surface area contributed by atoms with Gasteiger partial charge in [-0.25, -0.2) is 0 Å². The third kappa shape index (κ3) is 3.34. The van der Waals surface area contributed by atoms with Crippen LogP contribution in [0.1, 0.15) is 22.1 Å². The maximum Gasteiger partial charge on any atom is 0.268 e. The Morgan fingerprint density at radius 1 is 1.15 bits per heavy atom. The van der Waals surface area contributed by atoms with E-state index in [1.54, 1.807) is 14.2 Å². The van der Waals surface area contributed by atoms with E-state index in [1.807, 2.05) is 24.3 Å². The molecular weight excluding hydrogens is 260 g/mol. The first kappa shape index (κ1) is 14.9. The number of carbonyl (C=O) groups is 1. The van der Waals surface area contributed by atoms with E-state index in [-0.39, 0.29) is 12.1 Å². The van der Waals surface area contributed by atoms with Crippen LogP contribution in [0.25, 0.3) is 0 Å². The number of ether oxygens (including phenoxy) is 3. The van der Waals surface area contributed by atoms with Crippen LogP contribution >= 0.6 is 0 Å². The minimum Gasteiger partial charge on any atom is -0.383 e. The summed E-state index contributed by atoms with van der Waals surface area (Å²) in [4.78, 5) is 12.3. The summed E-state index contributed by atoms with van der Waals surface area (Å²) in [6.07, 6.45) is -0.351. The highest BCUT2D eigenvalue weighted by atomic mass is 16.5. The number of methoxy groups -OCH3 is 2. The molecule has 0 aliphatic carbocycles. The van der Waals surface area contributed by atoms with Crippen LogP contribution in [0.2, 0.25) is 0 Å². The molecule has 110 valence electrons. The van der Waals surface area contributed by atoms with Gasteiger partial charge in [0.1, 0.15) is 0 Å². The number of amides is 1. The van der Waals surface area contributed by atoms with Gasteiger partial charge in [-0.15, -0.1) is 0 Å². The molecule has 0 bridgehead atoms. The molecule has 0 aromatic heterocycles. The van der Waals surface area contributed by atoms with Gasteiger partial charge in [0.25, 0.3) is 5.91 Å². The zero-order valence-electron chi connectivity index (χ0n) is 11.8. The average Bonchev–Trinajstić information content (AvgIpc) is 2.49. The predicted octanol–water partition coefficient (Wildman–Crippen LogP) is 0.955. The molecular formula is C14H20N2O4. The molecule has 1 unspecified atom stereocenters. The number of nitrogens with one attached hydrogen (secondary N) is 1. The molecule has 0 fully saturated rings. The fourth-order valence-electron chi connectivity index (χ4n) is 2.06. The molecule has 1 aliphatic heterocycles. The molecule has 1 heterocycles. The van der Waals surface area contributed by atoms with Gasteiger partial charge in [0.15, 0.2) is 6.23 Å². The lowest BCUT2D eigenvalue weighted by molar-refractivity contribution is -0.0484. The number of rotatable bonds is 7. The van der Waals surface area contributed by atoms with Crippen LogP contribution in [-0.2, 0) is 14.2 Å². The third-order valence-corrected chi connectivity index (χ3v) is 3.08. The van der Waals surface area contributed by atoms with E-state index < -0.39 is 0 Å². The van der Waals surface area contributed by atoms with Gasteiger partial charge in [-0.3, -0.25) is 9.80 Å². The number of hydrogen-bond acceptors (Lipinski definition) is 5. The maximum atomic E-state index is 12.3. The first-order valence-electron chi connectivity index (χ1n) is 6.54. The normalized spacial score (nSPS) is 18.2. The second-order valence-corrected chi connectivity index (χ2v) is 4.41. The number of fused-ring (bicyclic) bond motifs is 1. The van der Waals surface area contributed by atoms with Gasteiger partial charge in [0.2, 0.25) is 0 Å². The minimum atomic E-state index is -0.351. The van der Waals surface area contributed by atoms with Crippen LogP contribution in [0.4, 0.5) is 0 Å². The highest BCUT2D eigenvalue weighted by molar-refractivity contribution is 5.96. The van der Waals surface area contributed by atoms with E-state index in [4.69, 9.17) is 14.2 Å². The van der Waals surface area contributed by atoms with Crippen LogP contribution in [0, 0.1) is 0 Å². The molecule has 20 heavy (non-hydrogen) atoms. The van der Waals surface area contributed by atoms with Crippen molar-refractivity contribution in [3.8, 4) is 0 Å². The van der Waals surface area contributed by atoms with E-state index in [2.05, 4.69) is 5.43 Å². The predicted molar refractivity (Wildman–Crippen MR) is 73.1 cm³/mol. The summed E-state index contributed by atoms with van der Waals surface area (Å²) in [5.74, 6) is -0.0655. The van der Waals surface area contributed by atoms with Crippen LogP contribution in [0.3, 0.4) is 0 Å². The lowest BCUT2D eigenvalue weighted by atomic mass is 10.0. The van der Waals surface area contributed by atoms with Gasteiger partial charge in [0.05, 0.1) is 26.4 Å². The lowest BCUT2D eigenvalue weighted by Gasteiger charge is -2.35. The summed E-state index contributed by atoms with van der Waals surface area (Å²) in [6.45, 7) is 1.89. The molecule has 0 spiro atoms. The Bertz CT molecular complexity index is 453. The summed E-state index contributed by atoms with van der Waals surface area (Å²) < 4.78 is 15.7. The number of hydrazine groups is 1. The highest BCUT2D eigenvalue weighted by Crippen LogP contribution is 2.25. The summed E-state index contributed by atoms with van der Waals surface area (Å²) in [7, 11) is 3.23. The number of benzene rings is 1. The van der Waals surface area contributed by atoms with Gasteiger partial charge in [-0.1, -0.05) is 18.2 Å². The minimum absolute atomic E-state index is 0.0655. The molecule has 1 aliphatic rings. The van der Waals surface area contributed by atoms with Gasteiger partial charge >= 0.3 is 0 Å². The second kappa shape index (κ2) is 7.35.